The molecule has 0 fully saturated rings. The highest BCUT2D eigenvalue weighted by atomic mass is 35.5. The van der Waals surface area contributed by atoms with E-state index in [-0.39, 0.29) is 11.9 Å². The minimum atomic E-state index is -0.179. The molecule has 0 saturated carbocycles. The molecule has 0 bridgehead atoms. The van der Waals surface area contributed by atoms with Crippen LogP contribution in [-0.2, 0) is 6.54 Å². The maximum Gasteiger partial charge on any atom is 0.280 e. The molecule has 0 aliphatic carbocycles. The number of thiazole rings is 1. The molecular weight excluding hydrogens is 370 g/mol. The van der Waals surface area contributed by atoms with Crippen molar-refractivity contribution in [3.05, 3.63) is 57.1 Å². The Labute approximate surface area is 160 Å². The van der Waals surface area contributed by atoms with Gasteiger partial charge in [-0.3, -0.25) is 9.48 Å². The van der Waals surface area contributed by atoms with Crippen LogP contribution in [-0.4, -0.2) is 26.7 Å². The number of aryl methyl sites for hydroxylation is 1. The van der Waals surface area contributed by atoms with Gasteiger partial charge in [-0.15, -0.1) is 11.3 Å². The number of hydrogen-bond donors (Lipinski definition) is 1. The van der Waals surface area contributed by atoms with Crippen molar-refractivity contribution in [2.75, 3.05) is 0 Å². The summed E-state index contributed by atoms with van der Waals surface area (Å²) in [6.45, 7) is 4.36. The Bertz CT molecular complexity index is 988. The Kier molecular flexibility index (Phi) is 5.35. The lowest BCUT2D eigenvalue weighted by atomic mass is 10.1. The predicted octanol–water partition coefficient (Wildman–Crippen LogP) is 3.66. The number of nitrogens with one attached hydrogen (secondary N) is 1. The number of benzene rings is 1. The van der Waals surface area contributed by atoms with Crippen molar-refractivity contribution in [3.8, 4) is 17.3 Å². The average Bonchev–Trinajstić information content (AvgIpc) is 3.24. The molecule has 1 amide bonds. The van der Waals surface area contributed by atoms with E-state index in [1.807, 2.05) is 38.2 Å². The molecule has 0 spiro atoms. The highest BCUT2D eigenvalue weighted by Crippen LogP contribution is 2.24. The van der Waals surface area contributed by atoms with Gasteiger partial charge >= 0.3 is 0 Å². The number of aromatic nitrogens is 3. The molecular formula is C18H16ClN5OS. The van der Waals surface area contributed by atoms with Gasteiger partial charge in [0.05, 0.1) is 22.8 Å². The van der Waals surface area contributed by atoms with E-state index >= 15 is 0 Å². The molecule has 3 rings (SSSR count). The molecule has 1 aromatic carbocycles. The number of hydrogen-bond acceptors (Lipinski definition) is 5. The van der Waals surface area contributed by atoms with Crippen molar-refractivity contribution in [1.29, 1.82) is 5.26 Å². The number of carbonyl (C=O) groups excluding carboxylic acids is 1. The number of rotatable bonds is 5. The van der Waals surface area contributed by atoms with E-state index in [0.717, 1.165) is 16.1 Å². The SMILES string of the molecule is Cc1cnc(C(=O)N[C@H](C)Cn2ccc(-c3ccc(C#N)c(Cl)c3)n2)s1. The van der Waals surface area contributed by atoms with Gasteiger partial charge in [-0.2, -0.15) is 10.4 Å². The van der Waals surface area contributed by atoms with Gasteiger partial charge in [0.2, 0.25) is 0 Å². The van der Waals surface area contributed by atoms with Crippen LogP contribution in [0.2, 0.25) is 5.02 Å². The van der Waals surface area contributed by atoms with Crippen molar-refractivity contribution in [3.63, 3.8) is 0 Å². The smallest absolute Gasteiger partial charge is 0.280 e. The molecule has 1 N–H and O–H groups in total. The second-order valence-electron chi connectivity index (χ2n) is 5.88. The Morgan fingerprint density at radius 2 is 2.27 bits per heavy atom. The highest BCUT2D eigenvalue weighted by Gasteiger charge is 2.14. The van der Waals surface area contributed by atoms with E-state index in [1.54, 1.807) is 23.0 Å². The molecule has 1 atom stereocenters. The van der Waals surface area contributed by atoms with Crippen molar-refractivity contribution in [2.24, 2.45) is 0 Å². The number of nitriles is 1. The van der Waals surface area contributed by atoms with Crippen LogP contribution in [0, 0.1) is 18.3 Å². The normalized spacial score (nSPS) is 11.8. The lowest BCUT2D eigenvalue weighted by Crippen LogP contribution is -2.35. The third-order valence-electron chi connectivity index (χ3n) is 3.68. The van der Waals surface area contributed by atoms with E-state index in [4.69, 9.17) is 16.9 Å². The number of amides is 1. The van der Waals surface area contributed by atoms with Crippen LogP contribution >= 0.6 is 22.9 Å². The molecule has 6 nitrogen and oxygen atoms in total. The average molecular weight is 386 g/mol. The van der Waals surface area contributed by atoms with Crippen molar-refractivity contribution in [1.82, 2.24) is 20.1 Å². The summed E-state index contributed by atoms with van der Waals surface area (Å²) < 4.78 is 1.76. The molecule has 2 aromatic heterocycles. The van der Waals surface area contributed by atoms with Crippen LogP contribution in [0.5, 0.6) is 0 Å². The summed E-state index contributed by atoms with van der Waals surface area (Å²) in [6, 6.07) is 9.01. The Morgan fingerprint density at radius 3 is 2.92 bits per heavy atom. The number of carbonyl (C=O) groups is 1. The molecule has 132 valence electrons. The molecule has 0 aliphatic rings. The summed E-state index contributed by atoms with van der Waals surface area (Å²) >= 11 is 7.45. The van der Waals surface area contributed by atoms with Crippen molar-refractivity contribution >= 4 is 28.8 Å². The molecule has 8 heteroatoms. The van der Waals surface area contributed by atoms with E-state index in [0.29, 0.717) is 22.1 Å². The summed E-state index contributed by atoms with van der Waals surface area (Å²) in [7, 11) is 0. The van der Waals surface area contributed by atoms with E-state index < -0.39 is 0 Å². The molecule has 3 aromatic rings. The monoisotopic (exact) mass is 385 g/mol. The topological polar surface area (TPSA) is 83.6 Å². The van der Waals surface area contributed by atoms with Crippen molar-refractivity contribution in [2.45, 2.75) is 26.4 Å². The van der Waals surface area contributed by atoms with Gasteiger partial charge in [0, 0.05) is 28.9 Å². The van der Waals surface area contributed by atoms with Crippen LogP contribution in [0.3, 0.4) is 0 Å². The van der Waals surface area contributed by atoms with Crippen LogP contribution in [0.25, 0.3) is 11.3 Å². The first-order valence-corrected chi connectivity index (χ1v) is 9.12. The van der Waals surface area contributed by atoms with Gasteiger partial charge in [0.1, 0.15) is 6.07 Å². The van der Waals surface area contributed by atoms with E-state index in [2.05, 4.69) is 15.4 Å². The molecule has 0 aliphatic heterocycles. The fourth-order valence-corrected chi connectivity index (χ4v) is 3.34. The summed E-state index contributed by atoms with van der Waals surface area (Å²) in [5.41, 5.74) is 2.02. The summed E-state index contributed by atoms with van der Waals surface area (Å²) in [4.78, 5) is 17.2. The lowest BCUT2D eigenvalue weighted by Gasteiger charge is -2.12. The van der Waals surface area contributed by atoms with Crippen LogP contribution in [0.4, 0.5) is 0 Å². The standard InChI is InChI=1S/C18H16ClN5OS/c1-11(22-17(25)18-21-9-12(2)26-18)10-24-6-5-16(23-24)13-3-4-14(8-20)15(19)7-13/h3-7,9,11H,10H2,1-2H3,(H,22,25)/t11-/m1/s1. The first-order chi connectivity index (χ1) is 12.5. The van der Waals surface area contributed by atoms with Crippen LogP contribution in [0.15, 0.2) is 36.7 Å². The fourth-order valence-electron chi connectivity index (χ4n) is 2.45. The van der Waals surface area contributed by atoms with Gasteiger partial charge in [0.25, 0.3) is 5.91 Å². The maximum atomic E-state index is 12.1. The van der Waals surface area contributed by atoms with Gasteiger partial charge in [-0.25, -0.2) is 4.98 Å². The van der Waals surface area contributed by atoms with Crippen LogP contribution in [0.1, 0.15) is 27.2 Å². The Hall–Kier alpha value is -2.69. The van der Waals surface area contributed by atoms with Gasteiger partial charge in [0.15, 0.2) is 5.01 Å². The minimum absolute atomic E-state index is 0.107. The summed E-state index contributed by atoms with van der Waals surface area (Å²) in [5.74, 6) is -0.179. The summed E-state index contributed by atoms with van der Waals surface area (Å²) in [6.07, 6.45) is 3.53. The molecule has 26 heavy (non-hydrogen) atoms. The number of nitrogens with zero attached hydrogens (tertiary/aromatic N) is 4. The maximum absolute atomic E-state index is 12.1. The minimum Gasteiger partial charge on any atom is -0.346 e. The lowest BCUT2D eigenvalue weighted by molar-refractivity contribution is 0.0935. The van der Waals surface area contributed by atoms with E-state index in [9.17, 15) is 4.79 Å². The quantitative estimate of drug-likeness (QED) is 0.726. The largest absolute Gasteiger partial charge is 0.346 e. The van der Waals surface area contributed by atoms with Crippen molar-refractivity contribution < 1.29 is 4.79 Å². The summed E-state index contributed by atoms with van der Waals surface area (Å²) in [5, 5.41) is 17.2. The zero-order valence-electron chi connectivity index (χ0n) is 14.2. The van der Waals surface area contributed by atoms with E-state index in [1.165, 1.54) is 11.3 Å². The molecule has 0 radical (unpaired) electrons. The first kappa shape index (κ1) is 18.1. The Morgan fingerprint density at radius 1 is 1.46 bits per heavy atom. The van der Waals surface area contributed by atoms with Crippen LogP contribution < -0.4 is 5.32 Å². The molecule has 2 heterocycles. The number of halogens is 1. The van der Waals surface area contributed by atoms with Gasteiger partial charge < -0.3 is 5.32 Å². The molecule has 0 unspecified atom stereocenters. The second kappa shape index (κ2) is 7.68. The fraction of sp³-hybridized carbons (Fsp3) is 0.222. The third kappa shape index (κ3) is 4.10. The molecule has 0 saturated heterocycles. The van der Waals surface area contributed by atoms with Gasteiger partial charge in [-0.1, -0.05) is 17.7 Å². The highest BCUT2D eigenvalue weighted by molar-refractivity contribution is 7.13. The zero-order chi connectivity index (χ0) is 18.7. The Balaban J connectivity index is 1.65. The first-order valence-electron chi connectivity index (χ1n) is 7.93. The van der Waals surface area contributed by atoms with Gasteiger partial charge in [-0.05, 0) is 32.0 Å². The third-order valence-corrected chi connectivity index (χ3v) is 4.90. The zero-order valence-corrected chi connectivity index (χ0v) is 15.8. The second-order valence-corrected chi connectivity index (χ2v) is 7.52. The predicted molar refractivity (Wildman–Crippen MR) is 101 cm³/mol.